The number of carbonyl (C=O) groups excluding carboxylic acids is 1. The van der Waals surface area contributed by atoms with E-state index in [1.165, 1.54) is 0 Å². The van der Waals surface area contributed by atoms with Crippen LogP contribution in [0.5, 0.6) is 0 Å². The summed E-state index contributed by atoms with van der Waals surface area (Å²) in [5, 5.41) is 16.2. The van der Waals surface area contributed by atoms with Crippen LogP contribution < -0.4 is 0 Å². The smallest absolute Gasteiger partial charge is 0.264 e. The van der Waals surface area contributed by atoms with Crippen LogP contribution in [-0.2, 0) is 10.2 Å². The first kappa shape index (κ1) is 14.3. The Morgan fingerprint density at radius 1 is 1.45 bits per heavy atom. The third-order valence-electron chi connectivity index (χ3n) is 3.46. The van der Waals surface area contributed by atoms with Crippen molar-refractivity contribution in [2.24, 2.45) is 0 Å². The van der Waals surface area contributed by atoms with E-state index < -0.39 is 0 Å². The van der Waals surface area contributed by atoms with Crippen LogP contribution >= 0.6 is 0 Å². The van der Waals surface area contributed by atoms with Gasteiger partial charge in [0, 0.05) is 29.8 Å². The maximum atomic E-state index is 12.3. The lowest BCUT2D eigenvalue weighted by atomic mass is 9.89. The van der Waals surface area contributed by atoms with Gasteiger partial charge in [0.1, 0.15) is 11.6 Å². The molecule has 0 atom stereocenters. The second-order valence-electron chi connectivity index (χ2n) is 6.12. The number of nitriles is 1. The molecular formula is C15H20N4O. The van der Waals surface area contributed by atoms with E-state index in [4.69, 9.17) is 0 Å². The topological polar surface area (TPSA) is 72.8 Å². The first-order chi connectivity index (χ1) is 9.43. The second kappa shape index (κ2) is 5.49. The molecule has 2 heterocycles. The molecule has 5 heteroatoms. The number of rotatable bonds is 2. The zero-order valence-corrected chi connectivity index (χ0v) is 12.2. The van der Waals surface area contributed by atoms with Crippen molar-refractivity contribution in [3.63, 3.8) is 0 Å². The summed E-state index contributed by atoms with van der Waals surface area (Å²) < 4.78 is 0. The van der Waals surface area contributed by atoms with E-state index in [1.54, 1.807) is 17.2 Å². The minimum absolute atomic E-state index is 0.112. The van der Waals surface area contributed by atoms with Gasteiger partial charge in [-0.25, -0.2) is 0 Å². The van der Waals surface area contributed by atoms with Crippen molar-refractivity contribution in [3.8, 4) is 6.07 Å². The fourth-order valence-electron chi connectivity index (χ4n) is 2.39. The van der Waals surface area contributed by atoms with Crippen LogP contribution in [0.15, 0.2) is 11.8 Å². The average molecular weight is 272 g/mol. The third-order valence-corrected chi connectivity index (χ3v) is 3.46. The van der Waals surface area contributed by atoms with E-state index in [0.717, 1.165) is 37.2 Å². The molecule has 5 nitrogen and oxygen atoms in total. The Bertz CT molecular complexity index is 565. The Balaban J connectivity index is 2.30. The van der Waals surface area contributed by atoms with Gasteiger partial charge in [-0.3, -0.25) is 9.89 Å². The monoisotopic (exact) mass is 272 g/mol. The summed E-state index contributed by atoms with van der Waals surface area (Å²) in [7, 11) is 0. The molecule has 0 saturated carbocycles. The predicted molar refractivity (Wildman–Crippen MR) is 76.7 cm³/mol. The Kier molecular flexibility index (Phi) is 3.93. The summed E-state index contributed by atoms with van der Waals surface area (Å²) in [5.74, 6) is -0.175. The number of nitrogens with zero attached hydrogens (tertiary/aromatic N) is 3. The molecule has 0 unspecified atom stereocenters. The van der Waals surface area contributed by atoms with Crippen LogP contribution in [-0.4, -0.2) is 34.1 Å². The van der Waals surface area contributed by atoms with E-state index >= 15 is 0 Å². The van der Waals surface area contributed by atoms with E-state index in [9.17, 15) is 10.1 Å². The van der Waals surface area contributed by atoms with Crippen LogP contribution in [0, 0.1) is 11.3 Å². The van der Waals surface area contributed by atoms with E-state index in [0.29, 0.717) is 0 Å². The highest BCUT2D eigenvalue weighted by Gasteiger charge is 2.23. The Hall–Kier alpha value is -2.09. The minimum Gasteiger partial charge on any atom is -0.338 e. The zero-order valence-electron chi connectivity index (χ0n) is 12.2. The maximum absolute atomic E-state index is 12.3. The standard InChI is InChI=1S/C15H20N4O/c1-15(2,3)13-12(10-17-18-13)8-11(9-16)14(20)19-6-4-5-7-19/h8,10H,4-7H2,1-3H3,(H,17,18)/b11-8+. The van der Waals surface area contributed by atoms with E-state index in [-0.39, 0.29) is 16.9 Å². The molecule has 0 aromatic carbocycles. The molecule has 1 amide bonds. The Labute approximate surface area is 119 Å². The van der Waals surface area contributed by atoms with Crippen LogP contribution in [0.2, 0.25) is 0 Å². The molecule has 1 N–H and O–H groups in total. The number of carbonyl (C=O) groups is 1. The van der Waals surface area contributed by atoms with Gasteiger partial charge in [-0.05, 0) is 18.9 Å². The lowest BCUT2D eigenvalue weighted by Crippen LogP contribution is -2.28. The van der Waals surface area contributed by atoms with Gasteiger partial charge in [0.25, 0.3) is 5.91 Å². The van der Waals surface area contributed by atoms with Gasteiger partial charge in [-0.15, -0.1) is 0 Å². The lowest BCUT2D eigenvalue weighted by Gasteiger charge is -2.18. The predicted octanol–water partition coefficient (Wildman–Crippen LogP) is 2.24. The number of aromatic nitrogens is 2. The number of nitrogens with one attached hydrogen (secondary N) is 1. The fraction of sp³-hybridized carbons (Fsp3) is 0.533. The molecule has 20 heavy (non-hydrogen) atoms. The summed E-state index contributed by atoms with van der Waals surface area (Å²) in [6.07, 6.45) is 5.34. The molecule has 1 aliphatic heterocycles. The largest absolute Gasteiger partial charge is 0.338 e. The normalized spacial score (nSPS) is 16.3. The Morgan fingerprint density at radius 3 is 2.65 bits per heavy atom. The zero-order chi connectivity index (χ0) is 14.8. The first-order valence-corrected chi connectivity index (χ1v) is 6.88. The van der Waals surface area contributed by atoms with E-state index in [1.807, 2.05) is 6.07 Å². The first-order valence-electron chi connectivity index (χ1n) is 6.88. The summed E-state index contributed by atoms with van der Waals surface area (Å²) in [4.78, 5) is 14.0. The quantitative estimate of drug-likeness (QED) is 0.663. The van der Waals surface area contributed by atoms with Gasteiger partial charge in [0.2, 0.25) is 0 Å². The number of likely N-dealkylation sites (tertiary alicyclic amines) is 1. The van der Waals surface area contributed by atoms with E-state index in [2.05, 4.69) is 31.0 Å². The van der Waals surface area contributed by atoms with Crippen molar-refractivity contribution in [1.82, 2.24) is 15.1 Å². The van der Waals surface area contributed by atoms with Gasteiger partial charge >= 0.3 is 0 Å². The number of aromatic amines is 1. The van der Waals surface area contributed by atoms with Crippen LogP contribution in [0.25, 0.3) is 6.08 Å². The molecule has 1 aliphatic rings. The van der Waals surface area contributed by atoms with Crippen molar-refractivity contribution >= 4 is 12.0 Å². The third kappa shape index (κ3) is 2.90. The van der Waals surface area contributed by atoms with Crippen LogP contribution in [0.1, 0.15) is 44.9 Å². The van der Waals surface area contributed by atoms with Crippen molar-refractivity contribution < 1.29 is 4.79 Å². The van der Waals surface area contributed by atoms with Crippen LogP contribution in [0.3, 0.4) is 0 Å². The second-order valence-corrected chi connectivity index (χ2v) is 6.12. The van der Waals surface area contributed by atoms with Gasteiger partial charge in [0.15, 0.2) is 0 Å². The summed E-state index contributed by atoms with van der Waals surface area (Å²) in [6.45, 7) is 7.68. The average Bonchev–Trinajstić information content (AvgIpc) is 3.05. The molecule has 0 spiro atoms. The fourth-order valence-corrected chi connectivity index (χ4v) is 2.39. The number of hydrogen-bond donors (Lipinski definition) is 1. The van der Waals surface area contributed by atoms with Crippen molar-refractivity contribution in [1.29, 1.82) is 5.26 Å². The molecule has 1 fully saturated rings. The molecule has 0 aliphatic carbocycles. The highest BCUT2D eigenvalue weighted by atomic mass is 16.2. The van der Waals surface area contributed by atoms with Crippen LogP contribution in [0.4, 0.5) is 0 Å². The number of hydrogen-bond acceptors (Lipinski definition) is 3. The van der Waals surface area contributed by atoms with Gasteiger partial charge in [-0.2, -0.15) is 10.4 Å². The number of amides is 1. The molecule has 106 valence electrons. The number of H-pyrrole nitrogens is 1. The maximum Gasteiger partial charge on any atom is 0.264 e. The SMILES string of the molecule is CC(C)(C)c1[nH]ncc1/C=C(\C#N)C(=O)N1CCCC1. The molecule has 0 radical (unpaired) electrons. The minimum atomic E-state index is -0.175. The molecule has 1 saturated heterocycles. The molecule has 1 aromatic heterocycles. The summed E-state index contributed by atoms with van der Waals surface area (Å²) in [5.41, 5.74) is 1.81. The summed E-state index contributed by atoms with van der Waals surface area (Å²) in [6, 6.07) is 2.02. The Morgan fingerprint density at radius 2 is 2.10 bits per heavy atom. The summed E-state index contributed by atoms with van der Waals surface area (Å²) >= 11 is 0. The van der Waals surface area contributed by atoms with Gasteiger partial charge in [0.05, 0.1) is 6.20 Å². The lowest BCUT2D eigenvalue weighted by molar-refractivity contribution is -0.125. The van der Waals surface area contributed by atoms with Crippen molar-refractivity contribution in [3.05, 3.63) is 23.0 Å². The molecule has 2 rings (SSSR count). The van der Waals surface area contributed by atoms with Crippen molar-refractivity contribution in [2.75, 3.05) is 13.1 Å². The van der Waals surface area contributed by atoms with Crippen molar-refractivity contribution in [2.45, 2.75) is 39.0 Å². The van der Waals surface area contributed by atoms with Gasteiger partial charge in [-0.1, -0.05) is 20.8 Å². The van der Waals surface area contributed by atoms with Gasteiger partial charge < -0.3 is 4.90 Å². The molecule has 1 aromatic rings. The molecule has 0 bridgehead atoms. The highest BCUT2D eigenvalue weighted by molar-refractivity contribution is 6.01. The molecular weight excluding hydrogens is 252 g/mol. The highest BCUT2D eigenvalue weighted by Crippen LogP contribution is 2.25.